The van der Waals surface area contributed by atoms with Crippen LogP contribution in [0, 0.1) is 18.8 Å². The average Bonchev–Trinajstić information content (AvgIpc) is 3.20. The zero-order valence-corrected chi connectivity index (χ0v) is 18.3. The van der Waals surface area contributed by atoms with E-state index in [4.69, 9.17) is 17.3 Å². The summed E-state index contributed by atoms with van der Waals surface area (Å²) in [6, 6.07) is 14.3. The lowest BCUT2D eigenvalue weighted by Crippen LogP contribution is -2.12. The minimum absolute atomic E-state index is 0.241. The SMILES string of the molecule is Cc1ccc(C(=O)Nc2cccc(Cl)c2)cc1C#Cc1cc(-c2cnn(C)c2)cnc1N. The van der Waals surface area contributed by atoms with E-state index in [1.165, 1.54) is 0 Å². The lowest BCUT2D eigenvalue weighted by molar-refractivity contribution is 0.102. The van der Waals surface area contributed by atoms with Gasteiger partial charge < -0.3 is 11.1 Å². The smallest absolute Gasteiger partial charge is 0.255 e. The highest BCUT2D eigenvalue weighted by Crippen LogP contribution is 2.21. The summed E-state index contributed by atoms with van der Waals surface area (Å²) in [4.78, 5) is 16.9. The highest BCUT2D eigenvalue weighted by Gasteiger charge is 2.09. The van der Waals surface area contributed by atoms with Gasteiger partial charge in [-0.3, -0.25) is 9.48 Å². The molecule has 0 spiro atoms. The van der Waals surface area contributed by atoms with Crippen LogP contribution in [0.5, 0.6) is 0 Å². The molecular formula is C25H20ClN5O. The van der Waals surface area contributed by atoms with Crippen molar-refractivity contribution in [3.05, 3.63) is 94.4 Å². The van der Waals surface area contributed by atoms with Crippen LogP contribution in [-0.4, -0.2) is 20.7 Å². The largest absolute Gasteiger partial charge is 0.383 e. The van der Waals surface area contributed by atoms with Crippen molar-refractivity contribution in [3.63, 3.8) is 0 Å². The average molecular weight is 442 g/mol. The van der Waals surface area contributed by atoms with E-state index in [-0.39, 0.29) is 5.91 Å². The zero-order chi connectivity index (χ0) is 22.7. The van der Waals surface area contributed by atoms with Crippen LogP contribution in [-0.2, 0) is 7.05 Å². The van der Waals surface area contributed by atoms with Gasteiger partial charge in [-0.15, -0.1) is 0 Å². The minimum atomic E-state index is -0.241. The molecule has 2 aromatic carbocycles. The molecule has 0 bridgehead atoms. The van der Waals surface area contributed by atoms with Gasteiger partial charge >= 0.3 is 0 Å². The second kappa shape index (κ2) is 8.96. The molecule has 0 radical (unpaired) electrons. The molecule has 6 nitrogen and oxygen atoms in total. The second-order valence-electron chi connectivity index (χ2n) is 7.30. The number of nitrogen functional groups attached to an aromatic ring is 1. The highest BCUT2D eigenvalue weighted by molar-refractivity contribution is 6.31. The number of pyridine rings is 1. The summed E-state index contributed by atoms with van der Waals surface area (Å²) in [5.74, 6) is 6.33. The van der Waals surface area contributed by atoms with Crippen LogP contribution in [0.15, 0.2) is 67.1 Å². The molecule has 0 unspecified atom stereocenters. The van der Waals surface area contributed by atoms with E-state index in [0.717, 1.165) is 22.3 Å². The maximum atomic E-state index is 12.7. The van der Waals surface area contributed by atoms with Gasteiger partial charge in [0.25, 0.3) is 5.91 Å². The van der Waals surface area contributed by atoms with E-state index in [2.05, 4.69) is 27.2 Å². The van der Waals surface area contributed by atoms with Gasteiger partial charge in [0.2, 0.25) is 0 Å². The van der Waals surface area contributed by atoms with Crippen molar-refractivity contribution in [2.24, 2.45) is 7.05 Å². The van der Waals surface area contributed by atoms with E-state index >= 15 is 0 Å². The molecule has 1 amide bonds. The predicted octanol–water partition coefficient (Wildman–Crippen LogP) is 4.68. The Hall–Kier alpha value is -4.08. The number of hydrogen-bond acceptors (Lipinski definition) is 4. The molecule has 0 saturated heterocycles. The quantitative estimate of drug-likeness (QED) is 0.452. The monoisotopic (exact) mass is 441 g/mol. The Balaban J connectivity index is 1.61. The van der Waals surface area contributed by atoms with Gasteiger partial charge in [0.1, 0.15) is 5.82 Å². The topological polar surface area (TPSA) is 85.8 Å². The first-order chi connectivity index (χ1) is 15.4. The molecule has 158 valence electrons. The zero-order valence-electron chi connectivity index (χ0n) is 17.6. The molecule has 0 aliphatic rings. The van der Waals surface area contributed by atoms with Crippen molar-refractivity contribution in [1.82, 2.24) is 14.8 Å². The van der Waals surface area contributed by atoms with Gasteiger partial charge in [-0.1, -0.05) is 35.6 Å². The number of anilines is 2. The maximum absolute atomic E-state index is 12.7. The Morgan fingerprint density at radius 3 is 2.62 bits per heavy atom. The number of amides is 1. The van der Waals surface area contributed by atoms with Crippen LogP contribution in [0.2, 0.25) is 5.02 Å². The molecule has 32 heavy (non-hydrogen) atoms. The summed E-state index contributed by atoms with van der Waals surface area (Å²) in [5.41, 5.74) is 11.3. The summed E-state index contributed by atoms with van der Waals surface area (Å²) < 4.78 is 1.72. The van der Waals surface area contributed by atoms with Crippen molar-refractivity contribution in [2.75, 3.05) is 11.1 Å². The third-order valence-electron chi connectivity index (χ3n) is 4.87. The molecular weight excluding hydrogens is 422 g/mol. The Morgan fingerprint density at radius 1 is 1.06 bits per heavy atom. The summed E-state index contributed by atoms with van der Waals surface area (Å²) in [6.07, 6.45) is 5.36. The Labute approximate surface area is 191 Å². The van der Waals surface area contributed by atoms with Crippen LogP contribution in [0.1, 0.15) is 27.0 Å². The molecule has 7 heteroatoms. The number of aromatic nitrogens is 3. The van der Waals surface area contributed by atoms with Crippen molar-refractivity contribution >= 4 is 29.0 Å². The number of carbonyl (C=O) groups excluding carboxylic acids is 1. The fourth-order valence-electron chi connectivity index (χ4n) is 3.11. The third kappa shape index (κ3) is 4.80. The van der Waals surface area contributed by atoms with E-state index in [0.29, 0.717) is 27.7 Å². The van der Waals surface area contributed by atoms with Gasteiger partial charge in [-0.25, -0.2) is 4.98 Å². The first-order valence-corrected chi connectivity index (χ1v) is 10.2. The van der Waals surface area contributed by atoms with Gasteiger partial charge in [0, 0.05) is 52.4 Å². The predicted molar refractivity (Wildman–Crippen MR) is 127 cm³/mol. The number of nitrogens with zero attached hydrogens (tertiary/aromatic N) is 3. The standard InChI is InChI=1S/C25H20ClN5O/c1-16-6-7-19(25(32)30-23-5-3-4-22(26)12-23)10-17(16)8-9-18-11-20(13-28-24(18)27)21-14-29-31(2)15-21/h3-7,10-15H,1-2H3,(H2,27,28)(H,30,32). The summed E-state index contributed by atoms with van der Waals surface area (Å²) in [7, 11) is 1.85. The molecule has 0 fully saturated rings. The Kier molecular flexibility index (Phi) is 5.93. The molecule has 2 aromatic heterocycles. The second-order valence-corrected chi connectivity index (χ2v) is 7.74. The van der Waals surface area contributed by atoms with Gasteiger partial charge in [-0.05, 0) is 48.9 Å². The molecule has 4 aromatic rings. The van der Waals surface area contributed by atoms with E-state index in [1.54, 1.807) is 53.5 Å². The van der Waals surface area contributed by atoms with Gasteiger partial charge in [-0.2, -0.15) is 5.10 Å². The molecule has 3 N–H and O–H groups in total. The first-order valence-electron chi connectivity index (χ1n) is 9.83. The molecule has 0 aliphatic heterocycles. The molecule has 0 atom stereocenters. The van der Waals surface area contributed by atoms with E-state index < -0.39 is 0 Å². The number of aryl methyl sites for hydroxylation is 2. The lowest BCUT2D eigenvalue weighted by Gasteiger charge is -2.07. The van der Waals surface area contributed by atoms with Crippen molar-refractivity contribution < 1.29 is 4.79 Å². The Bertz CT molecular complexity index is 1380. The normalized spacial score (nSPS) is 10.3. The molecule has 2 heterocycles. The first kappa shape index (κ1) is 21.2. The fraction of sp³-hybridized carbons (Fsp3) is 0.0800. The number of hydrogen-bond donors (Lipinski definition) is 2. The van der Waals surface area contributed by atoms with Crippen LogP contribution >= 0.6 is 11.6 Å². The van der Waals surface area contributed by atoms with Crippen LogP contribution in [0.4, 0.5) is 11.5 Å². The summed E-state index contributed by atoms with van der Waals surface area (Å²) >= 11 is 5.99. The summed E-state index contributed by atoms with van der Waals surface area (Å²) in [6.45, 7) is 1.94. The third-order valence-corrected chi connectivity index (χ3v) is 5.11. The van der Waals surface area contributed by atoms with Crippen LogP contribution in [0.25, 0.3) is 11.1 Å². The van der Waals surface area contributed by atoms with Crippen molar-refractivity contribution in [2.45, 2.75) is 6.92 Å². The summed E-state index contributed by atoms with van der Waals surface area (Å²) in [5, 5.41) is 7.59. The number of rotatable bonds is 3. The van der Waals surface area contributed by atoms with E-state index in [1.807, 2.05) is 32.3 Å². The lowest BCUT2D eigenvalue weighted by atomic mass is 10.0. The number of carbonyl (C=O) groups is 1. The Morgan fingerprint density at radius 2 is 1.88 bits per heavy atom. The van der Waals surface area contributed by atoms with Gasteiger partial charge in [0.15, 0.2) is 0 Å². The number of nitrogens with two attached hydrogens (primary N) is 1. The van der Waals surface area contributed by atoms with Crippen molar-refractivity contribution in [3.8, 4) is 23.0 Å². The molecule has 0 aliphatic carbocycles. The van der Waals surface area contributed by atoms with Gasteiger partial charge in [0.05, 0.1) is 11.8 Å². The molecule has 4 rings (SSSR count). The maximum Gasteiger partial charge on any atom is 0.255 e. The van der Waals surface area contributed by atoms with Crippen LogP contribution in [0.3, 0.4) is 0 Å². The molecule has 0 saturated carbocycles. The number of halogens is 1. The number of benzene rings is 2. The van der Waals surface area contributed by atoms with Crippen molar-refractivity contribution in [1.29, 1.82) is 0 Å². The van der Waals surface area contributed by atoms with E-state index in [9.17, 15) is 4.79 Å². The highest BCUT2D eigenvalue weighted by atomic mass is 35.5. The number of nitrogens with one attached hydrogen (secondary N) is 1. The fourth-order valence-corrected chi connectivity index (χ4v) is 3.30. The minimum Gasteiger partial charge on any atom is -0.383 e. The van der Waals surface area contributed by atoms with Crippen LogP contribution < -0.4 is 11.1 Å².